The van der Waals surface area contributed by atoms with Gasteiger partial charge in [0, 0.05) is 5.02 Å². The molecule has 1 amide bonds. The fourth-order valence-electron chi connectivity index (χ4n) is 1.67. The predicted octanol–water partition coefficient (Wildman–Crippen LogP) is 3.13. The van der Waals surface area contributed by atoms with Crippen molar-refractivity contribution >= 4 is 40.8 Å². The summed E-state index contributed by atoms with van der Waals surface area (Å²) in [5.74, 6) is -0.427. The third kappa shape index (κ3) is 3.85. The molecule has 102 valence electrons. The number of benzene rings is 1. The molecule has 2 rings (SSSR count). The topological polar surface area (TPSA) is 55.4 Å². The van der Waals surface area contributed by atoms with Crippen LogP contribution in [0.4, 0.5) is 5.69 Å². The molecule has 0 saturated heterocycles. The van der Waals surface area contributed by atoms with Crippen LogP contribution in [0.25, 0.3) is 0 Å². The predicted molar refractivity (Wildman–Crippen MR) is 73.3 cm³/mol. The van der Waals surface area contributed by atoms with Crippen molar-refractivity contribution in [1.29, 1.82) is 0 Å². The normalized spacial score (nSPS) is 20.8. The van der Waals surface area contributed by atoms with E-state index in [9.17, 15) is 9.59 Å². The number of hydrogen-bond acceptors (Lipinski definition) is 3. The Hall–Kier alpha value is -1.26. The molecule has 0 aromatic heterocycles. The van der Waals surface area contributed by atoms with E-state index < -0.39 is 5.91 Å². The molecular weight excluding hydrogens is 289 g/mol. The largest absolute Gasteiger partial charge is 0.455 e. The molecule has 6 heteroatoms. The molecule has 1 fully saturated rings. The van der Waals surface area contributed by atoms with Gasteiger partial charge in [-0.05, 0) is 30.5 Å². The molecule has 2 unspecified atom stereocenters. The first-order chi connectivity index (χ1) is 8.97. The molecule has 0 spiro atoms. The Morgan fingerprint density at radius 2 is 2.11 bits per heavy atom. The molecule has 1 aromatic carbocycles. The number of esters is 1. The van der Waals surface area contributed by atoms with E-state index in [1.807, 2.05) is 6.92 Å². The van der Waals surface area contributed by atoms with Crippen molar-refractivity contribution in [1.82, 2.24) is 0 Å². The highest BCUT2D eigenvalue weighted by Crippen LogP contribution is 2.38. The van der Waals surface area contributed by atoms with Crippen LogP contribution < -0.4 is 5.32 Å². The maximum absolute atomic E-state index is 11.6. The highest BCUT2D eigenvalue weighted by molar-refractivity contribution is 6.36. The van der Waals surface area contributed by atoms with Crippen molar-refractivity contribution in [3.05, 3.63) is 28.2 Å². The van der Waals surface area contributed by atoms with Crippen LogP contribution >= 0.6 is 23.2 Å². The number of rotatable bonds is 4. The fraction of sp³-hybridized carbons (Fsp3) is 0.385. The van der Waals surface area contributed by atoms with Crippen LogP contribution in [0.5, 0.6) is 0 Å². The highest BCUT2D eigenvalue weighted by atomic mass is 35.5. The zero-order chi connectivity index (χ0) is 14.0. The average Bonchev–Trinajstić information content (AvgIpc) is 3.07. The highest BCUT2D eigenvalue weighted by Gasteiger charge is 2.40. The van der Waals surface area contributed by atoms with Crippen molar-refractivity contribution in [2.24, 2.45) is 11.8 Å². The van der Waals surface area contributed by atoms with Crippen molar-refractivity contribution in [2.75, 3.05) is 11.9 Å². The van der Waals surface area contributed by atoms with Crippen molar-refractivity contribution < 1.29 is 14.3 Å². The molecular formula is C13H13Cl2NO3. The summed E-state index contributed by atoms with van der Waals surface area (Å²) in [5, 5.41) is 3.38. The van der Waals surface area contributed by atoms with Gasteiger partial charge in [-0.1, -0.05) is 30.1 Å². The van der Waals surface area contributed by atoms with Crippen LogP contribution in [-0.4, -0.2) is 18.5 Å². The maximum atomic E-state index is 11.6. The lowest BCUT2D eigenvalue weighted by Gasteiger charge is -2.08. The van der Waals surface area contributed by atoms with E-state index in [1.165, 1.54) is 6.07 Å². The number of carbonyl (C=O) groups excluding carboxylic acids is 2. The van der Waals surface area contributed by atoms with Gasteiger partial charge in [0.15, 0.2) is 6.61 Å². The molecule has 1 aromatic rings. The molecule has 1 N–H and O–H groups in total. The van der Waals surface area contributed by atoms with Crippen LogP contribution in [0.2, 0.25) is 10.0 Å². The molecule has 4 nitrogen and oxygen atoms in total. The Kier molecular flexibility index (Phi) is 4.32. The lowest BCUT2D eigenvalue weighted by atomic mass is 10.3. The van der Waals surface area contributed by atoms with Crippen LogP contribution in [0.15, 0.2) is 18.2 Å². The summed E-state index contributed by atoms with van der Waals surface area (Å²) >= 11 is 11.7. The van der Waals surface area contributed by atoms with Crippen molar-refractivity contribution in [3.8, 4) is 0 Å². The van der Waals surface area contributed by atoms with Gasteiger partial charge >= 0.3 is 5.97 Å². The summed E-state index contributed by atoms with van der Waals surface area (Å²) in [6.07, 6.45) is 0.837. The van der Waals surface area contributed by atoms with Crippen LogP contribution in [0, 0.1) is 11.8 Å². The lowest BCUT2D eigenvalue weighted by Crippen LogP contribution is -2.21. The zero-order valence-corrected chi connectivity index (χ0v) is 11.8. The number of amides is 1. The smallest absolute Gasteiger partial charge is 0.309 e. The van der Waals surface area contributed by atoms with E-state index in [1.54, 1.807) is 12.1 Å². The second kappa shape index (κ2) is 5.80. The molecule has 19 heavy (non-hydrogen) atoms. The Morgan fingerprint density at radius 3 is 2.68 bits per heavy atom. The minimum atomic E-state index is -0.425. The second-order valence-corrected chi connectivity index (χ2v) is 5.44. The molecule has 1 aliphatic carbocycles. The van der Waals surface area contributed by atoms with Gasteiger partial charge in [0.1, 0.15) is 0 Å². The van der Waals surface area contributed by atoms with E-state index in [4.69, 9.17) is 27.9 Å². The molecule has 1 saturated carbocycles. The Balaban J connectivity index is 1.82. The number of ether oxygens (including phenoxy) is 1. The molecule has 0 aliphatic heterocycles. The minimum Gasteiger partial charge on any atom is -0.455 e. The monoisotopic (exact) mass is 301 g/mol. The van der Waals surface area contributed by atoms with E-state index in [2.05, 4.69) is 5.32 Å². The molecule has 0 heterocycles. The molecule has 1 aliphatic rings. The third-order valence-electron chi connectivity index (χ3n) is 2.96. The van der Waals surface area contributed by atoms with Crippen LogP contribution in [0.3, 0.4) is 0 Å². The number of hydrogen-bond donors (Lipinski definition) is 1. The summed E-state index contributed by atoms with van der Waals surface area (Å²) in [5.41, 5.74) is 0.437. The fourth-order valence-corrected chi connectivity index (χ4v) is 2.13. The zero-order valence-electron chi connectivity index (χ0n) is 10.3. The first-order valence-electron chi connectivity index (χ1n) is 5.89. The van der Waals surface area contributed by atoms with Gasteiger partial charge in [0.2, 0.25) is 0 Å². The van der Waals surface area contributed by atoms with Gasteiger partial charge < -0.3 is 10.1 Å². The van der Waals surface area contributed by atoms with Gasteiger partial charge in [-0.25, -0.2) is 0 Å². The van der Waals surface area contributed by atoms with Gasteiger partial charge in [0.05, 0.1) is 16.6 Å². The van der Waals surface area contributed by atoms with Crippen LogP contribution in [-0.2, 0) is 14.3 Å². The summed E-state index contributed by atoms with van der Waals surface area (Å²) in [7, 11) is 0. The third-order valence-corrected chi connectivity index (χ3v) is 3.51. The molecule has 0 radical (unpaired) electrons. The van der Waals surface area contributed by atoms with Gasteiger partial charge in [0.25, 0.3) is 5.91 Å². The number of nitrogens with one attached hydrogen (secondary N) is 1. The van der Waals surface area contributed by atoms with E-state index in [-0.39, 0.29) is 18.5 Å². The van der Waals surface area contributed by atoms with E-state index >= 15 is 0 Å². The minimum absolute atomic E-state index is 0.0491. The van der Waals surface area contributed by atoms with Crippen LogP contribution in [0.1, 0.15) is 13.3 Å². The van der Waals surface area contributed by atoms with Crippen molar-refractivity contribution in [2.45, 2.75) is 13.3 Å². The Labute approximate surface area is 121 Å². The summed E-state index contributed by atoms with van der Waals surface area (Å²) in [4.78, 5) is 23.0. The number of anilines is 1. The van der Waals surface area contributed by atoms with Gasteiger partial charge in [-0.2, -0.15) is 0 Å². The summed E-state index contributed by atoms with van der Waals surface area (Å²) in [6.45, 7) is 1.67. The van der Waals surface area contributed by atoms with E-state index in [0.29, 0.717) is 21.7 Å². The van der Waals surface area contributed by atoms with E-state index in [0.717, 1.165) is 6.42 Å². The molecule has 2 atom stereocenters. The number of halogens is 2. The first-order valence-corrected chi connectivity index (χ1v) is 6.64. The van der Waals surface area contributed by atoms with Gasteiger partial charge in [-0.3, -0.25) is 9.59 Å². The SMILES string of the molecule is CC1CC1C(=O)OCC(=O)Nc1ccc(Cl)cc1Cl. The first kappa shape index (κ1) is 14.2. The van der Waals surface area contributed by atoms with Crippen molar-refractivity contribution in [3.63, 3.8) is 0 Å². The standard InChI is InChI=1S/C13H13Cl2NO3/c1-7-4-9(7)13(18)19-6-12(17)16-11-3-2-8(14)5-10(11)15/h2-3,5,7,9H,4,6H2,1H3,(H,16,17). The van der Waals surface area contributed by atoms with Gasteiger partial charge in [-0.15, -0.1) is 0 Å². The second-order valence-electron chi connectivity index (χ2n) is 4.60. The quantitative estimate of drug-likeness (QED) is 0.869. The summed E-state index contributed by atoms with van der Waals surface area (Å²) in [6, 6.07) is 4.73. The number of carbonyl (C=O) groups is 2. The summed E-state index contributed by atoms with van der Waals surface area (Å²) < 4.78 is 4.91. The maximum Gasteiger partial charge on any atom is 0.309 e. The average molecular weight is 302 g/mol. The Bertz CT molecular complexity index is 519. The molecule has 0 bridgehead atoms. The lowest BCUT2D eigenvalue weighted by molar-refractivity contribution is -0.148. The Morgan fingerprint density at radius 1 is 1.42 bits per heavy atom.